The van der Waals surface area contributed by atoms with Crippen LogP contribution in [0.3, 0.4) is 0 Å². The SMILES string of the molecule is CNC(=O)C(Cc1ccccc1)Nc1c(-c2ccc(C(F)(F)F)cc2)nc2c(Cl)cc(Cl)cn12. The highest BCUT2D eigenvalue weighted by molar-refractivity contribution is 6.36. The Morgan fingerprint density at radius 3 is 2.38 bits per heavy atom. The maximum absolute atomic E-state index is 13.1. The number of pyridine rings is 1. The van der Waals surface area contributed by atoms with Crippen LogP contribution in [-0.2, 0) is 17.4 Å². The molecule has 1 atom stereocenters. The van der Waals surface area contributed by atoms with Crippen LogP contribution in [-0.4, -0.2) is 28.4 Å². The van der Waals surface area contributed by atoms with Crippen molar-refractivity contribution in [1.82, 2.24) is 14.7 Å². The Kier molecular flexibility index (Phi) is 6.72. The molecule has 0 fully saturated rings. The summed E-state index contributed by atoms with van der Waals surface area (Å²) in [4.78, 5) is 17.3. The number of nitrogens with zero attached hydrogens (tertiary/aromatic N) is 2. The fourth-order valence-corrected chi connectivity index (χ4v) is 4.14. The smallest absolute Gasteiger partial charge is 0.357 e. The Balaban J connectivity index is 1.83. The molecule has 10 heteroatoms. The Hall–Kier alpha value is -3.23. The van der Waals surface area contributed by atoms with Crippen LogP contribution in [0.1, 0.15) is 11.1 Å². The molecule has 34 heavy (non-hydrogen) atoms. The Labute approximate surface area is 203 Å². The molecule has 0 saturated carbocycles. The number of imidazole rings is 1. The minimum atomic E-state index is -4.46. The number of carbonyl (C=O) groups is 1. The van der Waals surface area contributed by atoms with Gasteiger partial charge in [0, 0.05) is 25.2 Å². The minimum Gasteiger partial charge on any atom is -0.357 e. The van der Waals surface area contributed by atoms with Gasteiger partial charge in [0.15, 0.2) is 5.65 Å². The third kappa shape index (κ3) is 4.98. The molecule has 1 unspecified atom stereocenters. The van der Waals surface area contributed by atoms with Crippen LogP contribution in [0.5, 0.6) is 0 Å². The molecule has 2 heterocycles. The first-order valence-corrected chi connectivity index (χ1v) is 11.0. The summed E-state index contributed by atoms with van der Waals surface area (Å²) in [6.45, 7) is 0. The number of hydrogen-bond acceptors (Lipinski definition) is 3. The molecule has 0 aliphatic carbocycles. The molecular formula is C24H19Cl2F3N4O. The number of fused-ring (bicyclic) bond motifs is 1. The van der Waals surface area contributed by atoms with Gasteiger partial charge in [0.25, 0.3) is 0 Å². The second-order valence-corrected chi connectivity index (χ2v) is 8.43. The van der Waals surface area contributed by atoms with Crippen molar-refractivity contribution in [3.05, 3.63) is 88.0 Å². The van der Waals surface area contributed by atoms with E-state index in [0.717, 1.165) is 17.7 Å². The number of anilines is 1. The summed E-state index contributed by atoms with van der Waals surface area (Å²) in [6.07, 6.45) is -2.53. The molecule has 2 N–H and O–H groups in total. The number of amides is 1. The number of aromatic nitrogens is 2. The standard InChI is InChI=1S/C24H19Cl2F3N4O/c1-30-23(34)19(11-14-5-3-2-4-6-14)31-22-20(15-7-9-16(10-8-15)24(27,28)29)32-21-18(26)12-17(25)13-33(21)22/h2-10,12-13,19,31H,11H2,1H3,(H,30,34). The summed E-state index contributed by atoms with van der Waals surface area (Å²) in [5.74, 6) is 0.106. The fourth-order valence-electron chi connectivity index (χ4n) is 3.63. The van der Waals surface area contributed by atoms with Gasteiger partial charge in [-0.2, -0.15) is 13.2 Å². The largest absolute Gasteiger partial charge is 0.416 e. The average Bonchev–Trinajstić information content (AvgIpc) is 3.17. The zero-order chi connectivity index (χ0) is 24.5. The first kappa shape index (κ1) is 23.9. The first-order chi connectivity index (χ1) is 16.2. The normalized spacial score (nSPS) is 12.5. The van der Waals surface area contributed by atoms with Crippen LogP contribution in [0.15, 0.2) is 66.9 Å². The van der Waals surface area contributed by atoms with Gasteiger partial charge in [-0.15, -0.1) is 0 Å². The molecule has 0 aliphatic rings. The summed E-state index contributed by atoms with van der Waals surface area (Å²) >= 11 is 12.6. The maximum Gasteiger partial charge on any atom is 0.416 e. The third-order valence-corrected chi connectivity index (χ3v) is 5.77. The van der Waals surface area contributed by atoms with E-state index in [2.05, 4.69) is 15.6 Å². The third-order valence-electron chi connectivity index (χ3n) is 5.28. The molecule has 0 radical (unpaired) electrons. The Morgan fingerprint density at radius 1 is 1.09 bits per heavy atom. The number of benzene rings is 2. The van der Waals surface area contributed by atoms with Crippen molar-refractivity contribution in [2.75, 3.05) is 12.4 Å². The molecule has 0 saturated heterocycles. The lowest BCUT2D eigenvalue weighted by Gasteiger charge is -2.19. The van der Waals surface area contributed by atoms with Crippen LogP contribution in [0.25, 0.3) is 16.9 Å². The zero-order valence-electron chi connectivity index (χ0n) is 17.8. The fraction of sp³-hybridized carbons (Fsp3) is 0.167. The number of hydrogen-bond donors (Lipinski definition) is 2. The molecule has 4 rings (SSSR count). The van der Waals surface area contributed by atoms with Gasteiger partial charge in [0.1, 0.15) is 17.6 Å². The highest BCUT2D eigenvalue weighted by Gasteiger charge is 2.30. The highest BCUT2D eigenvalue weighted by Crippen LogP contribution is 2.36. The Morgan fingerprint density at radius 2 is 1.76 bits per heavy atom. The van der Waals surface area contributed by atoms with E-state index in [0.29, 0.717) is 34.2 Å². The van der Waals surface area contributed by atoms with Crippen LogP contribution < -0.4 is 10.6 Å². The lowest BCUT2D eigenvalue weighted by Crippen LogP contribution is -2.39. The summed E-state index contributed by atoms with van der Waals surface area (Å²) in [6, 6.07) is 14.9. The van der Waals surface area contributed by atoms with Crippen molar-refractivity contribution < 1.29 is 18.0 Å². The molecule has 0 bridgehead atoms. The van der Waals surface area contributed by atoms with E-state index in [9.17, 15) is 18.0 Å². The summed E-state index contributed by atoms with van der Waals surface area (Å²) in [5, 5.41) is 6.45. The number of rotatable bonds is 6. The lowest BCUT2D eigenvalue weighted by molar-refractivity contribution is -0.137. The number of nitrogens with one attached hydrogen (secondary N) is 2. The van der Waals surface area contributed by atoms with Gasteiger partial charge in [0.2, 0.25) is 5.91 Å². The van der Waals surface area contributed by atoms with Crippen molar-refractivity contribution in [1.29, 1.82) is 0 Å². The summed E-state index contributed by atoms with van der Waals surface area (Å²) < 4.78 is 40.8. The molecule has 4 aromatic rings. The Bertz CT molecular complexity index is 1320. The number of likely N-dealkylation sites (N-methyl/N-ethyl adjacent to an activating group) is 1. The topological polar surface area (TPSA) is 58.4 Å². The molecule has 1 amide bonds. The molecule has 176 valence electrons. The first-order valence-electron chi connectivity index (χ1n) is 10.2. The molecule has 0 aliphatic heterocycles. The molecule has 2 aromatic heterocycles. The predicted molar refractivity (Wildman–Crippen MR) is 127 cm³/mol. The van der Waals surface area contributed by atoms with Crippen LogP contribution in [0.4, 0.5) is 19.0 Å². The highest BCUT2D eigenvalue weighted by atomic mass is 35.5. The lowest BCUT2D eigenvalue weighted by atomic mass is 10.0. The molecule has 5 nitrogen and oxygen atoms in total. The molecular weight excluding hydrogens is 488 g/mol. The molecule has 0 spiro atoms. The number of alkyl halides is 3. The van der Waals surface area contributed by atoms with Crippen molar-refractivity contribution in [3.8, 4) is 11.3 Å². The van der Waals surface area contributed by atoms with Gasteiger partial charge in [0.05, 0.1) is 15.6 Å². The summed E-state index contributed by atoms with van der Waals surface area (Å²) in [7, 11) is 1.53. The van der Waals surface area contributed by atoms with E-state index in [4.69, 9.17) is 23.2 Å². The van der Waals surface area contributed by atoms with Crippen molar-refractivity contribution in [2.24, 2.45) is 0 Å². The zero-order valence-corrected chi connectivity index (χ0v) is 19.3. The van der Waals surface area contributed by atoms with E-state index in [1.807, 2.05) is 30.3 Å². The minimum absolute atomic E-state index is 0.258. The van der Waals surface area contributed by atoms with E-state index in [1.165, 1.54) is 25.2 Å². The van der Waals surface area contributed by atoms with E-state index in [1.54, 1.807) is 10.6 Å². The van der Waals surface area contributed by atoms with Crippen LogP contribution in [0.2, 0.25) is 10.0 Å². The van der Waals surface area contributed by atoms with Gasteiger partial charge in [-0.25, -0.2) is 4.98 Å². The number of halogens is 5. The second-order valence-electron chi connectivity index (χ2n) is 7.58. The maximum atomic E-state index is 13.1. The number of carbonyl (C=O) groups excluding carboxylic acids is 1. The molecule has 2 aromatic carbocycles. The van der Waals surface area contributed by atoms with Gasteiger partial charge in [-0.05, 0) is 23.8 Å². The van der Waals surface area contributed by atoms with Gasteiger partial charge < -0.3 is 10.6 Å². The van der Waals surface area contributed by atoms with Crippen molar-refractivity contribution in [3.63, 3.8) is 0 Å². The van der Waals surface area contributed by atoms with Crippen molar-refractivity contribution >= 4 is 40.6 Å². The second kappa shape index (κ2) is 9.56. The van der Waals surface area contributed by atoms with E-state index >= 15 is 0 Å². The summed E-state index contributed by atoms with van der Waals surface area (Å²) in [5.41, 5.74) is 1.24. The van der Waals surface area contributed by atoms with Gasteiger partial charge in [-0.1, -0.05) is 65.7 Å². The quantitative estimate of drug-likeness (QED) is 0.332. The van der Waals surface area contributed by atoms with Gasteiger partial charge >= 0.3 is 6.18 Å². The van der Waals surface area contributed by atoms with Crippen molar-refractivity contribution in [2.45, 2.75) is 18.6 Å². The van der Waals surface area contributed by atoms with Crippen LogP contribution >= 0.6 is 23.2 Å². The average molecular weight is 507 g/mol. The predicted octanol–water partition coefficient (Wildman–Crippen LogP) is 6.10. The van der Waals surface area contributed by atoms with E-state index in [-0.39, 0.29) is 10.9 Å². The monoisotopic (exact) mass is 506 g/mol. The van der Waals surface area contributed by atoms with E-state index < -0.39 is 17.8 Å². The van der Waals surface area contributed by atoms with Crippen LogP contribution in [0, 0.1) is 0 Å². The van der Waals surface area contributed by atoms with Gasteiger partial charge in [-0.3, -0.25) is 9.20 Å².